The number of nitro groups is 1. The molecule has 182 valence electrons. The van der Waals surface area contributed by atoms with Gasteiger partial charge in [-0.2, -0.15) is 0 Å². The Labute approximate surface area is 204 Å². The molecular weight excluding hydrogens is 468 g/mol. The van der Waals surface area contributed by atoms with Gasteiger partial charge < -0.3 is 10.2 Å². The molecule has 3 aromatic carbocycles. The summed E-state index contributed by atoms with van der Waals surface area (Å²) in [7, 11) is -4.10. The number of hydrogen-bond acceptors (Lipinski definition) is 6. The number of piperidine rings is 1. The van der Waals surface area contributed by atoms with Gasteiger partial charge in [0.1, 0.15) is 6.54 Å². The van der Waals surface area contributed by atoms with E-state index < -0.39 is 27.4 Å². The van der Waals surface area contributed by atoms with Gasteiger partial charge in [0, 0.05) is 36.6 Å². The summed E-state index contributed by atoms with van der Waals surface area (Å²) >= 11 is 0. The summed E-state index contributed by atoms with van der Waals surface area (Å²) in [5, 5.41) is 13.8. The highest BCUT2D eigenvalue weighted by Gasteiger charge is 2.27. The van der Waals surface area contributed by atoms with Crippen LogP contribution in [0.1, 0.15) is 19.3 Å². The Kier molecular flexibility index (Phi) is 7.31. The SMILES string of the molecule is O=C(CN(c1ccc([N+](=O)[O-])cc1)S(=O)(=O)c1ccccc1)Nc1ccc(N2CCCCC2)cc1. The Morgan fingerprint density at radius 2 is 1.54 bits per heavy atom. The lowest BCUT2D eigenvalue weighted by Crippen LogP contribution is -2.38. The van der Waals surface area contributed by atoms with Crippen LogP contribution in [0.4, 0.5) is 22.7 Å². The van der Waals surface area contributed by atoms with Crippen molar-refractivity contribution in [2.45, 2.75) is 24.2 Å². The van der Waals surface area contributed by atoms with Crippen molar-refractivity contribution in [3.05, 3.63) is 89.0 Å². The second kappa shape index (κ2) is 10.6. The van der Waals surface area contributed by atoms with Gasteiger partial charge in [-0.1, -0.05) is 18.2 Å². The normalized spacial score (nSPS) is 13.8. The maximum atomic E-state index is 13.4. The van der Waals surface area contributed by atoms with Crippen molar-refractivity contribution < 1.29 is 18.1 Å². The summed E-state index contributed by atoms with van der Waals surface area (Å²) in [5.41, 5.74) is 1.61. The van der Waals surface area contributed by atoms with Crippen molar-refractivity contribution in [1.29, 1.82) is 0 Å². The van der Waals surface area contributed by atoms with Crippen LogP contribution >= 0.6 is 0 Å². The molecule has 0 unspecified atom stereocenters. The average molecular weight is 495 g/mol. The fourth-order valence-electron chi connectivity index (χ4n) is 4.01. The Hall–Kier alpha value is -3.92. The minimum Gasteiger partial charge on any atom is -0.372 e. The standard InChI is InChI=1S/C25H26N4O5S/c30-25(26-20-9-11-21(12-10-20)27-17-5-2-6-18-27)19-28(22-13-15-23(16-14-22)29(31)32)35(33,34)24-7-3-1-4-8-24/h1,3-4,7-16H,2,5-6,17-19H2,(H,26,30). The number of rotatable bonds is 8. The lowest BCUT2D eigenvalue weighted by Gasteiger charge is -2.29. The third-order valence-corrected chi connectivity index (χ3v) is 7.63. The number of non-ortho nitro benzene ring substituents is 1. The van der Waals surface area contributed by atoms with E-state index in [1.807, 2.05) is 12.1 Å². The average Bonchev–Trinajstić information content (AvgIpc) is 2.89. The van der Waals surface area contributed by atoms with Crippen molar-refractivity contribution in [2.75, 3.05) is 34.2 Å². The number of benzene rings is 3. The van der Waals surface area contributed by atoms with Gasteiger partial charge in [-0.05, 0) is 67.8 Å². The zero-order chi connectivity index (χ0) is 24.8. The molecule has 0 aliphatic carbocycles. The number of sulfonamides is 1. The van der Waals surface area contributed by atoms with Crippen LogP contribution in [-0.2, 0) is 14.8 Å². The number of hydrogen-bond donors (Lipinski definition) is 1. The van der Waals surface area contributed by atoms with E-state index in [2.05, 4.69) is 10.2 Å². The topological polar surface area (TPSA) is 113 Å². The highest BCUT2D eigenvalue weighted by molar-refractivity contribution is 7.92. The molecule has 1 amide bonds. The molecule has 0 radical (unpaired) electrons. The molecule has 0 bridgehead atoms. The Morgan fingerprint density at radius 1 is 0.914 bits per heavy atom. The third-order valence-electron chi connectivity index (χ3n) is 5.84. The number of amides is 1. The molecule has 0 atom stereocenters. The van der Waals surface area contributed by atoms with Crippen molar-refractivity contribution >= 4 is 38.7 Å². The maximum absolute atomic E-state index is 13.4. The minimum absolute atomic E-state index is 0.0111. The molecule has 1 saturated heterocycles. The molecule has 0 spiro atoms. The summed E-state index contributed by atoms with van der Waals surface area (Å²) < 4.78 is 27.7. The molecule has 10 heteroatoms. The van der Waals surface area contributed by atoms with Gasteiger partial charge in [0.05, 0.1) is 15.5 Å². The summed E-state index contributed by atoms with van der Waals surface area (Å²) in [6.45, 7) is 1.52. The molecule has 1 fully saturated rings. The molecule has 35 heavy (non-hydrogen) atoms. The summed E-state index contributed by atoms with van der Waals surface area (Å²) in [4.78, 5) is 25.7. The van der Waals surface area contributed by atoms with E-state index in [-0.39, 0.29) is 16.3 Å². The third kappa shape index (κ3) is 5.78. The minimum atomic E-state index is -4.10. The first-order valence-corrected chi connectivity index (χ1v) is 12.8. The van der Waals surface area contributed by atoms with Crippen molar-refractivity contribution in [1.82, 2.24) is 0 Å². The van der Waals surface area contributed by atoms with Crippen LogP contribution < -0.4 is 14.5 Å². The number of nitrogens with zero attached hydrogens (tertiary/aromatic N) is 3. The molecule has 9 nitrogen and oxygen atoms in total. The van der Waals surface area contributed by atoms with Gasteiger partial charge >= 0.3 is 0 Å². The van der Waals surface area contributed by atoms with E-state index in [9.17, 15) is 23.3 Å². The van der Waals surface area contributed by atoms with Crippen LogP contribution in [0.2, 0.25) is 0 Å². The Morgan fingerprint density at radius 3 is 2.14 bits per heavy atom. The largest absolute Gasteiger partial charge is 0.372 e. The Bertz CT molecular complexity index is 1270. The molecule has 3 aromatic rings. The predicted molar refractivity (Wildman–Crippen MR) is 135 cm³/mol. The van der Waals surface area contributed by atoms with Gasteiger partial charge in [-0.25, -0.2) is 8.42 Å². The van der Waals surface area contributed by atoms with E-state index in [1.165, 1.54) is 42.8 Å². The summed E-state index contributed by atoms with van der Waals surface area (Å²) in [5.74, 6) is -0.534. The van der Waals surface area contributed by atoms with Crippen LogP contribution in [0.15, 0.2) is 83.8 Å². The molecule has 0 saturated carbocycles. The van der Waals surface area contributed by atoms with Crippen LogP contribution in [-0.4, -0.2) is 38.9 Å². The van der Waals surface area contributed by atoms with Gasteiger partial charge in [-0.3, -0.25) is 19.2 Å². The lowest BCUT2D eigenvalue weighted by molar-refractivity contribution is -0.384. The Balaban J connectivity index is 1.54. The highest BCUT2D eigenvalue weighted by atomic mass is 32.2. The first kappa shape index (κ1) is 24.2. The first-order valence-electron chi connectivity index (χ1n) is 11.3. The fraction of sp³-hybridized carbons (Fsp3) is 0.240. The molecule has 4 rings (SSSR count). The molecular formula is C25H26N4O5S. The number of anilines is 3. The zero-order valence-electron chi connectivity index (χ0n) is 19.0. The maximum Gasteiger partial charge on any atom is 0.269 e. The monoisotopic (exact) mass is 494 g/mol. The number of nitrogens with one attached hydrogen (secondary N) is 1. The van der Waals surface area contributed by atoms with E-state index in [0.717, 1.165) is 35.9 Å². The second-order valence-electron chi connectivity index (χ2n) is 8.24. The lowest BCUT2D eigenvalue weighted by atomic mass is 10.1. The quantitative estimate of drug-likeness (QED) is 0.366. The van der Waals surface area contributed by atoms with Crippen LogP contribution in [0.5, 0.6) is 0 Å². The number of carbonyl (C=O) groups is 1. The molecule has 1 N–H and O–H groups in total. The van der Waals surface area contributed by atoms with E-state index in [1.54, 1.807) is 30.3 Å². The van der Waals surface area contributed by atoms with E-state index in [0.29, 0.717) is 5.69 Å². The number of nitro benzene ring substituents is 1. The summed E-state index contributed by atoms with van der Waals surface area (Å²) in [6.07, 6.45) is 3.56. The van der Waals surface area contributed by atoms with Gasteiger partial charge in [0.15, 0.2) is 0 Å². The van der Waals surface area contributed by atoms with Gasteiger partial charge in [0.25, 0.3) is 15.7 Å². The zero-order valence-corrected chi connectivity index (χ0v) is 19.9. The molecule has 1 aliphatic rings. The van der Waals surface area contributed by atoms with E-state index >= 15 is 0 Å². The first-order chi connectivity index (χ1) is 16.8. The van der Waals surface area contributed by atoms with Gasteiger partial charge in [0.2, 0.25) is 5.91 Å². The van der Waals surface area contributed by atoms with Crippen LogP contribution in [0.3, 0.4) is 0 Å². The molecule has 1 aliphatic heterocycles. The molecule has 1 heterocycles. The summed E-state index contributed by atoms with van der Waals surface area (Å²) in [6, 6.07) is 20.3. The van der Waals surface area contributed by atoms with Crippen molar-refractivity contribution in [3.63, 3.8) is 0 Å². The molecule has 0 aromatic heterocycles. The van der Waals surface area contributed by atoms with Crippen molar-refractivity contribution in [3.8, 4) is 0 Å². The van der Waals surface area contributed by atoms with Crippen LogP contribution in [0, 0.1) is 10.1 Å². The van der Waals surface area contributed by atoms with Gasteiger partial charge in [-0.15, -0.1) is 0 Å². The second-order valence-corrected chi connectivity index (χ2v) is 10.1. The predicted octanol–water partition coefficient (Wildman–Crippen LogP) is 4.42. The number of carbonyl (C=O) groups excluding carboxylic acids is 1. The highest BCUT2D eigenvalue weighted by Crippen LogP contribution is 2.26. The fourth-order valence-corrected chi connectivity index (χ4v) is 5.46. The van der Waals surface area contributed by atoms with Crippen molar-refractivity contribution in [2.24, 2.45) is 0 Å². The van der Waals surface area contributed by atoms with E-state index in [4.69, 9.17) is 0 Å². The van der Waals surface area contributed by atoms with Crippen LogP contribution in [0.25, 0.3) is 0 Å². The smallest absolute Gasteiger partial charge is 0.269 e.